The van der Waals surface area contributed by atoms with Crippen molar-refractivity contribution < 1.29 is 4.74 Å². The molecule has 1 rings (SSSR count). The lowest BCUT2D eigenvalue weighted by Gasteiger charge is -2.04. The monoisotopic (exact) mass is 156 g/mol. The largest absolute Gasteiger partial charge is 0.381 e. The van der Waals surface area contributed by atoms with Gasteiger partial charge in [-0.1, -0.05) is 13.8 Å². The maximum atomic E-state index is 5.51. The number of hydrogen-bond acceptors (Lipinski definition) is 1. The Bertz CT molecular complexity index is 91.0. The van der Waals surface area contributed by atoms with Crippen molar-refractivity contribution in [2.45, 2.75) is 39.5 Å². The van der Waals surface area contributed by atoms with Gasteiger partial charge in [-0.3, -0.25) is 0 Å². The molecule has 1 saturated carbocycles. The first kappa shape index (κ1) is 9.05. The summed E-state index contributed by atoms with van der Waals surface area (Å²) >= 11 is 0. The van der Waals surface area contributed by atoms with E-state index < -0.39 is 0 Å². The van der Waals surface area contributed by atoms with Crippen LogP contribution in [-0.2, 0) is 4.74 Å². The molecular formula is C10H20O. The van der Waals surface area contributed by atoms with Gasteiger partial charge in [0, 0.05) is 13.2 Å². The molecule has 0 N–H and O–H groups in total. The van der Waals surface area contributed by atoms with E-state index in [-0.39, 0.29) is 0 Å². The van der Waals surface area contributed by atoms with Gasteiger partial charge in [0.05, 0.1) is 0 Å². The van der Waals surface area contributed by atoms with Gasteiger partial charge in [-0.25, -0.2) is 0 Å². The Morgan fingerprint density at radius 3 is 2.64 bits per heavy atom. The third kappa shape index (κ3) is 5.25. The van der Waals surface area contributed by atoms with Gasteiger partial charge in [-0.05, 0) is 37.5 Å². The summed E-state index contributed by atoms with van der Waals surface area (Å²) < 4.78 is 5.51. The van der Waals surface area contributed by atoms with Gasteiger partial charge in [-0.2, -0.15) is 0 Å². The Hall–Kier alpha value is -0.0400. The molecule has 0 aromatic rings. The molecule has 0 radical (unpaired) electrons. The molecule has 11 heavy (non-hydrogen) atoms. The van der Waals surface area contributed by atoms with Crippen molar-refractivity contribution in [3.05, 3.63) is 0 Å². The fraction of sp³-hybridized carbons (Fsp3) is 1.00. The van der Waals surface area contributed by atoms with Crippen molar-refractivity contribution in [2.75, 3.05) is 13.2 Å². The molecule has 0 atom stereocenters. The molecule has 66 valence electrons. The summed E-state index contributed by atoms with van der Waals surface area (Å²) in [6.45, 7) is 6.54. The Kier molecular flexibility index (Phi) is 3.92. The van der Waals surface area contributed by atoms with E-state index >= 15 is 0 Å². The Labute approximate surface area is 70.1 Å². The smallest absolute Gasteiger partial charge is 0.0494 e. The summed E-state index contributed by atoms with van der Waals surface area (Å²) in [6, 6.07) is 0. The Morgan fingerprint density at radius 1 is 1.36 bits per heavy atom. The van der Waals surface area contributed by atoms with Crippen LogP contribution in [0, 0.1) is 11.8 Å². The van der Waals surface area contributed by atoms with Gasteiger partial charge in [0.15, 0.2) is 0 Å². The summed E-state index contributed by atoms with van der Waals surface area (Å²) in [5.41, 5.74) is 0. The number of rotatable bonds is 6. The standard InChI is InChI=1S/C10H20O/c1-9(2)4-3-7-11-8-10-5-6-10/h9-10H,3-8H2,1-2H3. The van der Waals surface area contributed by atoms with Gasteiger partial charge in [-0.15, -0.1) is 0 Å². The second-order valence-electron chi connectivity index (χ2n) is 4.05. The quantitative estimate of drug-likeness (QED) is 0.537. The van der Waals surface area contributed by atoms with E-state index in [0.29, 0.717) is 0 Å². The third-order valence-corrected chi connectivity index (χ3v) is 2.12. The first-order valence-corrected chi connectivity index (χ1v) is 4.87. The van der Waals surface area contributed by atoms with E-state index in [1.54, 1.807) is 0 Å². The zero-order valence-corrected chi connectivity index (χ0v) is 7.81. The van der Waals surface area contributed by atoms with Crippen LogP contribution < -0.4 is 0 Å². The molecule has 0 heterocycles. The van der Waals surface area contributed by atoms with Crippen molar-refractivity contribution in [3.8, 4) is 0 Å². The van der Waals surface area contributed by atoms with Gasteiger partial charge in [0.1, 0.15) is 0 Å². The molecule has 0 saturated heterocycles. The van der Waals surface area contributed by atoms with Crippen LogP contribution in [-0.4, -0.2) is 13.2 Å². The van der Waals surface area contributed by atoms with Crippen molar-refractivity contribution in [2.24, 2.45) is 11.8 Å². The van der Waals surface area contributed by atoms with E-state index in [0.717, 1.165) is 25.0 Å². The van der Waals surface area contributed by atoms with Crippen LogP contribution in [0.3, 0.4) is 0 Å². The molecule has 0 aliphatic heterocycles. The minimum absolute atomic E-state index is 0.833. The van der Waals surface area contributed by atoms with E-state index in [1.807, 2.05) is 0 Å². The molecular weight excluding hydrogens is 136 g/mol. The Balaban J connectivity index is 1.73. The topological polar surface area (TPSA) is 9.23 Å². The van der Waals surface area contributed by atoms with Crippen molar-refractivity contribution in [1.82, 2.24) is 0 Å². The highest BCUT2D eigenvalue weighted by Crippen LogP contribution is 2.28. The van der Waals surface area contributed by atoms with E-state index in [1.165, 1.54) is 25.7 Å². The summed E-state index contributed by atoms with van der Waals surface area (Å²) in [5, 5.41) is 0. The highest BCUT2D eigenvalue weighted by Gasteiger charge is 2.20. The fourth-order valence-corrected chi connectivity index (χ4v) is 1.13. The summed E-state index contributed by atoms with van der Waals surface area (Å²) in [7, 11) is 0. The highest BCUT2D eigenvalue weighted by atomic mass is 16.5. The second-order valence-corrected chi connectivity index (χ2v) is 4.05. The van der Waals surface area contributed by atoms with Crippen LogP contribution in [0.2, 0.25) is 0 Å². The van der Waals surface area contributed by atoms with Crippen LogP contribution in [0.4, 0.5) is 0 Å². The molecule has 1 aliphatic carbocycles. The first-order chi connectivity index (χ1) is 5.29. The predicted molar refractivity (Wildman–Crippen MR) is 47.6 cm³/mol. The molecule has 0 aromatic carbocycles. The Morgan fingerprint density at radius 2 is 2.09 bits per heavy atom. The van der Waals surface area contributed by atoms with E-state index in [2.05, 4.69) is 13.8 Å². The maximum absolute atomic E-state index is 5.51. The van der Waals surface area contributed by atoms with Crippen molar-refractivity contribution in [3.63, 3.8) is 0 Å². The van der Waals surface area contributed by atoms with Crippen LogP contribution in [0.1, 0.15) is 39.5 Å². The van der Waals surface area contributed by atoms with Crippen LogP contribution in [0.5, 0.6) is 0 Å². The van der Waals surface area contributed by atoms with E-state index in [4.69, 9.17) is 4.74 Å². The molecule has 0 amide bonds. The van der Waals surface area contributed by atoms with Crippen LogP contribution in [0.15, 0.2) is 0 Å². The minimum atomic E-state index is 0.833. The highest BCUT2D eigenvalue weighted by molar-refractivity contribution is 4.71. The lowest BCUT2D eigenvalue weighted by molar-refractivity contribution is 0.118. The van der Waals surface area contributed by atoms with Gasteiger partial charge >= 0.3 is 0 Å². The molecule has 1 nitrogen and oxygen atoms in total. The average molecular weight is 156 g/mol. The van der Waals surface area contributed by atoms with Crippen molar-refractivity contribution in [1.29, 1.82) is 0 Å². The van der Waals surface area contributed by atoms with Gasteiger partial charge < -0.3 is 4.74 Å². The second kappa shape index (κ2) is 4.76. The first-order valence-electron chi connectivity index (χ1n) is 4.87. The summed E-state index contributed by atoms with van der Waals surface area (Å²) in [4.78, 5) is 0. The molecule has 1 fully saturated rings. The zero-order chi connectivity index (χ0) is 8.10. The SMILES string of the molecule is CC(C)CCCOCC1CC1. The minimum Gasteiger partial charge on any atom is -0.381 e. The normalized spacial score (nSPS) is 17.7. The maximum Gasteiger partial charge on any atom is 0.0494 e. The van der Waals surface area contributed by atoms with Crippen molar-refractivity contribution >= 4 is 0 Å². The number of ether oxygens (including phenoxy) is 1. The molecule has 0 spiro atoms. The molecule has 0 aromatic heterocycles. The molecule has 0 unspecified atom stereocenters. The van der Waals surface area contributed by atoms with Gasteiger partial charge in [0.2, 0.25) is 0 Å². The molecule has 1 heteroatoms. The molecule has 1 aliphatic rings. The lowest BCUT2D eigenvalue weighted by atomic mass is 10.1. The number of hydrogen-bond donors (Lipinski definition) is 0. The molecule has 0 bridgehead atoms. The van der Waals surface area contributed by atoms with E-state index in [9.17, 15) is 0 Å². The van der Waals surface area contributed by atoms with Gasteiger partial charge in [0.25, 0.3) is 0 Å². The van der Waals surface area contributed by atoms with Crippen LogP contribution >= 0.6 is 0 Å². The third-order valence-electron chi connectivity index (χ3n) is 2.12. The fourth-order valence-electron chi connectivity index (χ4n) is 1.13. The summed E-state index contributed by atoms with van der Waals surface area (Å²) in [6.07, 6.45) is 5.36. The summed E-state index contributed by atoms with van der Waals surface area (Å²) in [5.74, 6) is 1.76. The van der Waals surface area contributed by atoms with Crippen LogP contribution in [0.25, 0.3) is 0 Å². The predicted octanol–water partition coefficient (Wildman–Crippen LogP) is 2.85. The zero-order valence-electron chi connectivity index (χ0n) is 7.81. The average Bonchev–Trinajstić information content (AvgIpc) is 2.70. The lowest BCUT2D eigenvalue weighted by Crippen LogP contribution is -1.99.